The number of esters is 1. The quantitative estimate of drug-likeness (QED) is 0.367. The van der Waals surface area contributed by atoms with Crippen molar-refractivity contribution in [3.8, 4) is 0 Å². The summed E-state index contributed by atoms with van der Waals surface area (Å²) in [4.78, 5) is 12.5. The molecule has 2 aliphatic carbocycles. The number of nitrogens with one attached hydrogen (secondary N) is 2. The van der Waals surface area contributed by atoms with Gasteiger partial charge in [0, 0.05) is 12.1 Å². The van der Waals surface area contributed by atoms with Crippen LogP contribution in [0.3, 0.4) is 0 Å². The maximum atomic E-state index is 12.5. The van der Waals surface area contributed by atoms with Crippen LogP contribution in [0.25, 0.3) is 0 Å². The Bertz CT molecular complexity index is 691. The Morgan fingerprint density at radius 3 is 2.15 bits per heavy atom. The Balaban J connectivity index is 1.81. The van der Waals surface area contributed by atoms with E-state index in [2.05, 4.69) is 13.8 Å². The first-order valence-electron chi connectivity index (χ1n) is 8.48. The number of aliphatic hydroxyl groups is 1. The van der Waals surface area contributed by atoms with Gasteiger partial charge < -0.3 is 20.3 Å². The molecule has 0 heterocycles. The fourth-order valence-electron chi connectivity index (χ4n) is 4.16. The minimum atomic E-state index is -1.34. The number of benzene rings is 1. The van der Waals surface area contributed by atoms with Crippen molar-refractivity contribution in [1.29, 1.82) is 0 Å². The van der Waals surface area contributed by atoms with E-state index in [1.165, 1.54) is 0 Å². The molecule has 0 aromatic heterocycles. The van der Waals surface area contributed by atoms with Crippen molar-refractivity contribution in [2.24, 2.45) is 17.3 Å². The number of ether oxygens (including phenoxy) is 1. The zero-order chi connectivity index (χ0) is 19.4. The number of rotatable bonds is 4. The van der Waals surface area contributed by atoms with Crippen molar-refractivity contribution in [3.05, 3.63) is 34.2 Å². The lowest BCUT2D eigenvalue weighted by atomic mass is 9.83. The van der Waals surface area contributed by atoms with Gasteiger partial charge in [0.25, 0.3) is 0 Å². The van der Waals surface area contributed by atoms with Crippen molar-refractivity contribution in [2.75, 3.05) is 0 Å². The van der Waals surface area contributed by atoms with Crippen molar-refractivity contribution in [1.82, 2.24) is 0 Å². The monoisotopic (exact) mass is 368 g/mol. The Hall–Kier alpha value is -1.59. The average Bonchev–Trinajstić information content (AvgIpc) is 3.05. The van der Waals surface area contributed by atoms with Gasteiger partial charge in [0.05, 0.1) is 17.2 Å². The van der Waals surface area contributed by atoms with Gasteiger partial charge in [0.1, 0.15) is 6.10 Å². The van der Waals surface area contributed by atoms with Gasteiger partial charge in [-0.15, -0.1) is 0 Å². The highest BCUT2D eigenvalue weighted by Gasteiger charge is 2.64. The van der Waals surface area contributed by atoms with E-state index >= 15 is 0 Å². The molecular formula is C17H24N2O7. The van der Waals surface area contributed by atoms with Crippen LogP contribution in [0.5, 0.6) is 0 Å². The summed E-state index contributed by atoms with van der Waals surface area (Å²) in [5.74, 6) is -0.0837. The summed E-state index contributed by atoms with van der Waals surface area (Å²) >= 11 is 0. The van der Waals surface area contributed by atoms with Gasteiger partial charge in [-0.25, -0.2) is 15.2 Å². The van der Waals surface area contributed by atoms with Crippen LogP contribution in [0, 0.1) is 27.7 Å². The molecule has 144 valence electrons. The highest BCUT2D eigenvalue weighted by Crippen LogP contribution is 2.66. The molecule has 9 nitrogen and oxygen atoms in total. The fourth-order valence-corrected chi connectivity index (χ4v) is 4.16. The molecule has 3 rings (SSSR count). The molecule has 5 N–H and O–H groups in total. The third-order valence-electron chi connectivity index (χ3n) is 5.99. The van der Waals surface area contributed by atoms with E-state index < -0.39 is 28.1 Å². The molecule has 6 atom stereocenters. The largest absolute Gasteiger partial charge is 0.595 e. The Morgan fingerprint density at radius 2 is 1.65 bits per heavy atom. The van der Waals surface area contributed by atoms with Gasteiger partial charge in [0.2, 0.25) is 0 Å². The summed E-state index contributed by atoms with van der Waals surface area (Å²) in [7, 11) is 0. The standard InChI is InChI=1S/C17H24N2O7/c1-16(2)12-7-14(17(3,21)8-13(12)16)26-15(20)9-4-10(18(22)23)6-11(5-9)19(24)25/h4-6,12-14,18-19,21-22,24H,7-8H2,1-3H3/t12?,13?,14-,17-/m1/s1. The maximum absolute atomic E-state index is 12.5. The minimum Gasteiger partial charge on any atom is -0.595 e. The number of fused-ring (bicyclic) bond motifs is 1. The van der Waals surface area contributed by atoms with E-state index in [0.717, 1.165) is 18.2 Å². The van der Waals surface area contributed by atoms with Crippen LogP contribution in [0.1, 0.15) is 44.0 Å². The summed E-state index contributed by atoms with van der Waals surface area (Å²) in [5, 5.41) is 48.6. The van der Waals surface area contributed by atoms with Gasteiger partial charge in [-0.05, 0) is 37.0 Å². The first kappa shape index (κ1) is 19.2. The molecular weight excluding hydrogens is 344 g/mol. The van der Waals surface area contributed by atoms with Crippen LogP contribution in [-0.2, 0) is 4.74 Å². The lowest BCUT2D eigenvalue weighted by Crippen LogP contribution is -3.00. The van der Waals surface area contributed by atoms with Crippen LogP contribution in [-0.4, -0.2) is 33.2 Å². The van der Waals surface area contributed by atoms with Gasteiger partial charge in [-0.3, -0.25) is 0 Å². The molecule has 9 heteroatoms. The third-order valence-corrected chi connectivity index (χ3v) is 5.99. The SMILES string of the molecule is CC1(C)C2C[C@@H](OC(=O)c3cc([NH+]([O-])O)cc([NH+]([O-])O)c3)[C@](C)(O)CC21. The number of carbonyl (C=O) groups is 1. The van der Waals surface area contributed by atoms with Gasteiger partial charge in [-0.1, -0.05) is 13.8 Å². The molecule has 1 aromatic rings. The minimum absolute atomic E-state index is 0.102. The molecule has 0 aliphatic heterocycles. The topological polar surface area (TPSA) is 142 Å². The number of quaternary nitrogens is 2. The van der Waals surface area contributed by atoms with Gasteiger partial charge in [0.15, 0.2) is 11.4 Å². The maximum Gasteiger partial charge on any atom is 0.338 e. The summed E-state index contributed by atoms with van der Waals surface area (Å²) in [6.45, 7) is 5.88. The number of hydrogen-bond donors (Lipinski definition) is 5. The zero-order valence-corrected chi connectivity index (χ0v) is 14.9. The van der Waals surface area contributed by atoms with Crippen LogP contribution in [0.4, 0.5) is 11.4 Å². The first-order chi connectivity index (χ1) is 11.9. The lowest BCUT2D eigenvalue weighted by molar-refractivity contribution is -0.996. The second-order valence-corrected chi connectivity index (χ2v) is 8.13. The molecule has 0 saturated heterocycles. The van der Waals surface area contributed by atoms with Crippen LogP contribution in [0.15, 0.2) is 18.2 Å². The molecule has 0 bridgehead atoms. The molecule has 0 radical (unpaired) electrons. The van der Waals surface area contributed by atoms with E-state index in [4.69, 9.17) is 15.2 Å². The van der Waals surface area contributed by atoms with Gasteiger partial charge >= 0.3 is 5.97 Å². The normalized spacial score (nSPS) is 34.5. The summed E-state index contributed by atoms with van der Waals surface area (Å²) < 4.78 is 5.48. The van der Waals surface area contributed by atoms with Crippen LogP contribution in [0.2, 0.25) is 0 Å². The Kier molecular flexibility index (Phi) is 4.60. The summed E-state index contributed by atoms with van der Waals surface area (Å²) in [5.41, 5.74) is -1.85. The van der Waals surface area contributed by atoms with E-state index in [1.54, 1.807) is 6.92 Å². The predicted octanol–water partition coefficient (Wildman–Crippen LogP) is -0.164. The molecule has 2 saturated carbocycles. The average molecular weight is 368 g/mol. The van der Waals surface area contributed by atoms with Crippen molar-refractivity contribution in [3.63, 3.8) is 0 Å². The summed E-state index contributed by atoms with van der Waals surface area (Å²) in [6.07, 6.45) is 0.332. The van der Waals surface area contributed by atoms with E-state index in [9.17, 15) is 20.3 Å². The molecule has 26 heavy (non-hydrogen) atoms. The molecule has 1 aromatic carbocycles. The molecule has 0 amide bonds. The molecule has 4 unspecified atom stereocenters. The molecule has 2 aliphatic rings. The van der Waals surface area contributed by atoms with Crippen molar-refractivity contribution < 1.29 is 35.5 Å². The Labute approximate surface area is 150 Å². The highest BCUT2D eigenvalue weighted by atomic mass is 16.8. The van der Waals surface area contributed by atoms with Crippen molar-refractivity contribution in [2.45, 2.75) is 45.3 Å². The van der Waals surface area contributed by atoms with E-state index in [1.807, 2.05) is 0 Å². The van der Waals surface area contributed by atoms with Crippen LogP contribution >= 0.6 is 0 Å². The Morgan fingerprint density at radius 1 is 1.12 bits per heavy atom. The zero-order valence-electron chi connectivity index (χ0n) is 14.9. The summed E-state index contributed by atoms with van der Waals surface area (Å²) in [6, 6.07) is 3.15. The number of carbonyl (C=O) groups excluding carboxylic acids is 1. The van der Waals surface area contributed by atoms with E-state index in [0.29, 0.717) is 24.7 Å². The molecule has 0 spiro atoms. The van der Waals surface area contributed by atoms with E-state index in [-0.39, 0.29) is 22.4 Å². The second-order valence-electron chi connectivity index (χ2n) is 8.13. The van der Waals surface area contributed by atoms with Gasteiger partial charge in [-0.2, -0.15) is 10.5 Å². The third kappa shape index (κ3) is 3.35. The lowest BCUT2D eigenvalue weighted by Gasteiger charge is -2.36. The fraction of sp³-hybridized carbons (Fsp3) is 0.588. The molecule has 2 fully saturated rings. The van der Waals surface area contributed by atoms with Crippen molar-refractivity contribution >= 4 is 17.3 Å². The van der Waals surface area contributed by atoms with Crippen LogP contribution < -0.4 is 10.5 Å². The highest BCUT2D eigenvalue weighted by molar-refractivity contribution is 5.91. The second kappa shape index (κ2) is 6.24. The number of hydrogen-bond acceptors (Lipinski definition) is 7. The first-order valence-corrected chi connectivity index (χ1v) is 8.48. The predicted molar refractivity (Wildman–Crippen MR) is 87.8 cm³/mol. The smallest absolute Gasteiger partial charge is 0.338 e.